The number of carbonyl (C=O) groups is 3. The number of esters is 2. The van der Waals surface area contributed by atoms with Gasteiger partial charge >= 0.3 is 11.9 Å². The van der Waals surface area contributed by atoms with Crippen molar-refractivity contribution in [1.82, 2.24) is 4.90 Å². The monoisotopic (exact) mass is 465 g/mol. The van der Waals surface area contributed by atoms with Crippen LogP contribution in [-0.4, -0.2) is 76.5 Å². The summed E-state index contributed by atoms with van der Waals surface area (Å²) in [5, 5.41) is 0.465. The first-order valence-corrected chi connectivity index (χ1v) is 10.7. The molecule has 32 heavy (non-hydrogen) atoms. The molecule has 0 spiro atoms. The molecule has 1 aromatic carbocycles. The van der Waals surface area contributed by atoms with Crippen LogP contribution in [0.15, 0.2) is 29.5 Å². The van der Waals surface area contributed by atoms with Gasteiger partial charge in [-0.2, -0.15) is 0 Å². The molecule has 9 nitrogen and oxygen atoms in total. The number of amides is 1. The summed E-state index contributed by atoms with van der Waals surface area (Å²) in [4.78, 5) is 42.9. The van der Waals surface area contributed by atoms with E-state index in [1.807, 2.05) is 24.8 Å². The molecule has 0 N–H and O–H groups in total. The van der Waals surface area contributed by atoms with Crippen molar-refractivity contribution in [2.75, 3.05) is 63.5 Å². The fourth-order valence-electron chi connectivity index (χ4n) is 3.85. The van der Waals surface area contributed by atoms with E-state index in [-0.39, 0.29) is 36.4 Å². The van der Waals surface area contributed by atoms with Gasteiger partial charge in [-0.15, -0.1) is 0 Å². The number of methoxy groups -OCH3 is 2. The molecule has 1 aromatic rings. The largest absolute Gasteiger partial charge is 0.466 e. The Morgan fingerprint density at radius 1 is 1.00 bits per heavy atom. The second-order valence-electron chi connectivity index (χ2n) is 7.82. The maximum Gasteiger partial charge on any atom is 0.355 e. The first kappa shape index (κ1) is 23.9. The van der Waals surface area contributed by atoms with Crippen LogP contribution in [0.25, 0.3) is 0 Å². The Morgan fingerprint density at radius 3 is 2.25 bits per heavy atom. The fraction of sp³-hybridized carbons (Fsp3) is 0.500. The van der Waals surface area contributed by atoms with Crippen molar-refractivity contribution in [2.24, 2.45) is 5.92 Å². The number of nitrogens with zero attached hydrogens (tertiary/aromatic N) is 3. The lowest BCUT2D eigenvalue weighted by atomic mass is 10.1. The molecule has 0 aliphatic carbocycles. The molecular formula is C22H28ClN3O6. The smallest absolute Gasteiger partial charge is 0.355 e. The molecule has 2 aliphatic rings. The van der Waals surface area contributed by atoms with Crippen LogP contribution in [0, 0.1) is 5.92 Å². The van der Waals surface area contributed by atoms with Crippen LogP contribution >= 0.6 is 11.6 Å². The second kappa shape index (κ2) is 10.2. The fourth-order valence-corrected chi connectivity index (χ4v) is 4.01. The molecule has 0 radical (unpaired) electrons. The number of hydrogen-bond acceptors (Lipinski definition) is 8. The summed E-state index contributed by atoms with van der Waals surface area (Å²) in [6.07, 6.45) is 0. The van der Waals surface area contributed by atoms with Crippen molar-refractivity contribution < 1.29 is 28.6 Å². The average molecular weight is 466 g/mol. The number of carbonyl (C=O) groups excluding carboxylic acids is 3. The highest BCUT2D eigenvalue weighted by Crippen LogP contribution is 2.37. The molecule has 2 aliphatic heterocycles. The zero-order valence-electron chi connectivity index (χ0n) is 18.7. The van der Waals surface area contributed by atoms with E-state index < -0.39 is 11.9 Å². The Morgan fingerprint density at radius 2 is 1.66 bits per heavy atom. The third-order valence-corrected chi connectivity index (χ3v) is 5.72. The van der Waals surface area contributed by atoms with E-state index in [9.17, 15) is 14.4 Å². The van der Waals surface area contributed by atoms with Crippen LogP contribution in [0.1, 0.15) is 13.8 Å². The summed E-state index contributed by atoms with van der Waals surface area (Å²) in [5.74, 6) is -1.27. The van der Waals surface area contributed by atoms with Crippen LogP contribution in [0.3, 0.4) is 0 Å². The highest BCUT2D eigenvalue weighted by molar-refractivity contribution is 6.31. The molecule has 3 rings (SSSR count). The van der Waals surface area contributed by atoms with E-state index in [4.69, 9.17) is 25.8 Å². The number of ether oxygens (including phenoxy) is 3. The molecule has 1 amide bonds. The summed E-state index contributed by atoms with van der Waals surface area (Å²) in [7, 11) is 2.49. The van der Waals surface area contributed by atoms with Crippen molar-refractivity contribution in [2.45, 2.75) is 13.8 Å². The lowest BCUT2D eigenvalue weighted by Crippen LogP contribution is -2.50. The number of rotatable bonds is 5. The molecular weight excluding hydrogens is 438 g/mol. The van der Waals surface area contributed by atoms with Crippen LogP contribution in [0.4, 0.5) is 11.4 Å². The van der Waals surface area contributed by atoms with Crippen molar-refractivity contribution in [3.8, 4) is 0 Å². The van der Waals surface area contributed by atoms with Crippen LogP contribution in [-0.2, 0) is 28.6 Å². The van der Waals surface area contributed by atoms with E-state index >= 15 is 0 Å². The molecule has 174 valence electrons. The standard InChI is InChI=1S/C22H28ClN3O6/c1-14(2)20(27)25-9-7-24(8-10-25)17-6-5-15(23)11-18(17)26-13-32-12-16(21(28)30-3)19(26)22(29)31-4/h5-6,11,14H,7-10,12-13H2,1-4H3. The number of benzene rings is 1. The van der Waals surface area contributed by atoms with Crippen molar-refractivity contribution in [1.29, 1.82) is 0 Å². The minimum absolute atomic E-state index is 0.0318. The molecule has 0 aromatic heterocycles. The Bertz CT molecular complexity index is 924. The number of halogens is 1. The third kappa shape index (κ3) is 4.83. The zero-order valence-corrected chi connectivity index (χ0v) is 19.5. The quantitative estimate of drug-likeness (QED) is 0.610. The minimum atomic E-state index is -0.674. The van der Waals surface area contributed by atoms with Crippen molar-refractivity contribution in [3.05, 3.63) is 34.5 Å². The SMILES string of the molecule is COC(=O)C1=C(C(=O)OC)N(c2cc(Cl)ccc2N2CCN(C(=O)C(C)C)CC2)COC1. The van der Waals surface area contributed by atoms with Gasteiger partial charge in [0.25, 0.3) is 0 Å². The number of piperazine rings is 1. The van der Waals surface area contributed by atoms with E-state index in [1.165, 1.54) is 14.2 Å². The predicted octanol–water partition coefficient (Wildman–Crippen LogP) is 2.04. The molecule has 1 fully saturated rings. The van der Waals surface area contributed by atoms with Crippen molar-refractivity contribution >= 4 is 40.8 Å². The molecule has 0 saturated carbocycles. The van der Waals surface area contributed by atoms with Gasteiger partial charge in [0.2, 0.25) is 5.91 Å². The first-order valence-electron chi connectivity index (χ1n) is 10.4. The topological polar surface area (TPSA) is 88.6 Å². The Hall–Kier alpha value is -2.78. The molecule has 10 heteroatoms. The Kier molecular flexibility index (Phi) is 7.63. The summed E-state index contributed by atoms with van der Waals surface area (Å²) < 4.78 is 15.4. The van der Waals surface area contributed by atoms with Gasteiger partial charge in [0, 0.05) is 37.1 Å². The van der Waals surface area contributed by atoms with Crippen LogP contribution in [0.2, 0.25) is 5.02 Å². The van der Waals surface area contributed by atoms with Gasteiger partial charge in [-0.05, 0) is 18.2 Å². The summed E-state index contributed by atoms with van der Waals surface area (Å²) in [6, 6.07) is 5.34. The molecule has 0 atom stereocenters. The predicted molar refractivity (Wildman–Crippen MR) is 119 cm³/mol. The summed E-state index contributed by atoms with van der Waals surface area (Å²) >= 11 is 6.30. The molecule has 0 unspecified atom stereocenters. The zero-order chi connectivity index (χ0) is 23.4. The van der Waals surface area contributed by atoms with E-state index in [2.05, 4.69) is 4.90 Å². The first-order chi connectivity index (χ1) is 15.3. The Labute approximate surface area is 192 Å². The maximum atomic E-state index is 12.7. The Balaban J connectivity index is 1.98. The average Bonchev–Trinajstić information content (AvgIpc) is 2.82. The number of hydrogen-bond donors (Lipinski definition) is 0. The molecule has 0 bridgehead atoms. The van der Waals surface area contributed by atoms with Crippen LogP contribution < -0.4 is 9.80 Å². The van der Waals surface area contributed by atoms with Crippen molar-refractivity contribution in [3.63, 3.8) is 0 Å². The van der Waals surface area contributed by atoms with E-state index in [1.54, 1.807) is 17.0 Å². The highest BCUT2D eigenvalue weighted by atomic mass is 35.5. The minimum Gasteiger partial charge on any atom is -0.466 e. The molecule has 1 saturated heterocycles. The number of anilines is 2. The molecule has 2 heterocycles. The highest BCUT2D eigenvalue weighted by Gasteiger charge is 2.34. The lowest BCUT2D eigenvalue weighted by molar-refractivity contribution is -0.140. The van der Waals surface area contributed by atoms with Gasteiger partial charge in [-0.3, -0.25) is 4.79 Å². The van der Waals surface area contributed by atoms with Gasteiger partial charge in [-0.1, -0.05) is 25.4 Å². The maximum absolute atomic E-state index is 12.7. The lowest BCUT2D eigenvalue weighted by Gasteiger charge is -2.40. The van der Waals surface area contributed by atoms with Gasteiger partial charge in [0.15, 0.2) is 0 Å². The summed E-state index contributed by atoms with van der Waals surface area (Å²) in [6.45, 7) is 6.14. The van der Waals surface area contributed by atoms with Gasteiger partial charge in [-0.25, -0.2) is 9.59 Å². The van der Waals surface area contributed by atoms with Gasteiger partial charge in [0.1, 0.15) is 12.4 Å². The second-order valence-corrected chi connectivity index (χ2v) is 8.25. The third-order valence-electron chi connectivity index (χ3n) is 5.49. The van der Waals surface area contributed by atoms with E-state index in [0.717, 1.165) is 5.69 Å². The summed E-state index contributed by atoms with van der Waals surface area (Å²) in [5.41, 5.74) is 1.54. The normalized spacial score (nSPS) is 17.0. The van der Waals surface area contributed by atoms with Gasteiger partial charge < -0.3 is 28.9 Å². The van der Waals surface area contributed by atoms with Gasteiger partial charge in [0.05, 0.1) is 37.8 Å². The van der Waals surface area contributed by atoms with E-state index in [0.29, 0.717) is 36.9 Å². The van der Waals surface area contributed by atoms with Crippen LogP contribution in [0.5, 0.6) is 0 Å².